The maximum Gasteiger partial charge on any atom is 0.315 e. The number of benzene rings is 2. The molecule has 0 radical (unpaired) electrons. The number of amides is 3. The summed E-state index contributed by atoms with van der Waals surface area (Å²) in [7, 11) is 0. The molecule has 5 nitrogen and oxygen atoms in total. The number of rotatable bonds is 6. The summed E-state index contributed by atoms with van der Waals surface area (Å²) in [5, 5.41) is 7.58. The van der Waals surface area contributed by atoms with Crippen molar-refractivity contribution in [2.45, 2.75) is 19.5 Å². The highest BCUT2D eigenvalue weighted by Gasteiger charge is 2.14. The smallest absolute Gasteiger partial charge is 0.315 e. The predicted octanol–water partition coefficient (Wildman–Crippen LogP) is 2.64. The monoisotopic (exact) mass is 347 g/mol. The average Bonchev–Trinajstić information content (AvgIpc) is 2.59. The zero-order valence-electron chi connectivity index (χ0n) is 13.7. The first-order valence-corrected chi connectivity index (χ1v) is 7.75. The molecule has 132 valence electrons. The van der Waals surface area contributed by atoms with Gasteiger partial charge in [0.25, 0.3) is 0 Å². The number of nitrogens with one attached hydrogen (secondary N) is 3. The molecule has 1 atom stereocenters. The fraction of sp³-hybridized carbons (Fsp3) is 0.222. The molecule has 2 aromatic rings. The van der Waals surface area contributed by atoms with E-state index >= 15 is 0 Å². The van der Waals surface area contributed by atoms with Crippen molar-refractivity contribution >= 4 is 11.9 Å². The van der Waals surface area contributed by atoms with Gasteiger partial charge in [-0.15, -0.1) is 0 Å². The first kappa shape index (κ1) is 18.4. The van der Waals surface area contributed by atoms with Crippen molar-refractivity contribution in [3.63, 3.8) is 0 Å². The molecular weight excluding hydrogens is 328 g/mol. The largest absolute Gasteiger partial charge is 0.348 e. The van der Waals surface area contributed by atoms with Crippen LogP contribution in [0.25, 0.3) is 0 Å². The van der Waals surface area contributed by atoms with Crippen LogP contribution < -0.4 is 16.0 Å². The number of carbonyl (C=O) groups excluding carboxylic acids is 2. The molecule has 2 rings (SSSR count). The van der Waals surface area contributed by atoms with Gasteiger partial charge in [-0.1, -0.05) is 36.4 Å². The molecule has 0 aromatic heterocycles. The van der Waals surface area contributed by atoms with Crippen LogP contribution in [0.3, 0.4) is 0 Å². The number of carbonyl (C=O) groups is 2. The Morgan fingerprint density at radius 3 is 2.44 bits per heavy atom. The Balaban J connectivity index is 1.75. The minimum absolute atomic E-state index is 0.170. The Kier molecular flexibility index (Phi) is 6.45. The fourth-order valence-corrected chi connectivity index (χ4v) is 2.22. The van der Waals surface area contributed by atoms with Crippen molar-refractivity contribution in [2.24, 2.45) is 0 Å². The molecular formula is C18H19F2N3O2. The van der Waals surface area contributed by atoms with Crippen molar-refractivity contribution in [2.75, 3.05) is 6.54 Å². The summed E-state index contributed by atoms with van der Waals surface area (Å²) in [5.74, 6) is -1.90. The Hall–Kier alpha value is -2.96. The van der Waals surface area contributed by atoms with E-state index in [0.29, 0.717) is 6.54 Å². The molecule has 0 aliphatic carbocycles. The van der Waals surface area contributed by atoms with Crippen LogP contribution >= 0.6 is 0 Å². The summed E-state index contributed by atoms with van der Waals surface area (Å²) in [4.78, 5) is 23.5. The Labute approximate surface area is 144 Å². The van der Waals surface area contributed by atoms with Crippen LogP contribution in [0.2, 0.25) is 0 Å². The number of urea groups is 1. The lowest BCUT2D eigenvalue weighted by Gasteiger charge is -2.15. The lowest BCUT2D eigenvalue weighted by atomic mass is 10.1. The van der Waals surface area contributed by atoms with Gasteiger partial charge >= 0.3 is 6.03 Å². The Morgan fingerprint density at radius 2 is 1.76 bits per heavy atom. The molecule has 0 aliphatic rings. The normalized spacial score (nSPS) is 11.5. The highest BCUT2D eigenvalue weighted by atomic mass is 19.1. The van der Waals surface area contributed by atoms with Crippen molar-refractivity contribution in [3.8, 4) is 0 Å². The summed E-state index contributed by atoms with van der Waals surface area (Å²) in [6, 6.07) is 11.3. The van der Waals surface area contributed by atoms with Crippen LogP contribution in [0.5, 0.6) is 0 Å². The molecule has 2 aromatic carbocycles. The van der Waals surface area contributed by atoms with Crippen molar-refractivity contribution in [1.82, 2.24) is 16.0 Å². The third-order valence-electron chi connectivity index (χ3n) is 3.51. The Bertz CT molecular complexity index is 738. The van der Waals surface area contributed by atoms with Crippen LogP contribution in [0.15, 0.2) is 48.5 Å². The molecule has 0 fully saturated rings. The molecule has 0 saturated carbocycles. The van der Waals surface area contributed by atoms with Gasteiger partial charge in [-0.05, 0) is 18.6 Å². The highest BCUT2D eigenvalue weighted by Crippen LogP contribution is 2.17. The number of halogens is 2. The summed E-state index contributed by atoms with van der Waals surface area (Å²) < 4.78 is 26.6. The molecule has 3 amide bonds. The fourth-order valence-electron chi connectivity index (χ4n) is 2.22. The lowest BCUT2D eigenvalue weighted by molar-refractivity contribution is -0.120. The molecule has 0 aliphatic heterocycles. The van der Waals surface area contributed by atoms with Gasteiger partial charge in [0, 0.05) is 18.2 Å². The van der Waals surface area contributed by atoms with E-state index in [2.05, 4.69) is 16.0 Å². The first-order chi connectivity index (χ1) is 12.0. The molecule has 3 N–H and O–H groups in total. The highest BCUT2D eigenvalue weighted by molar-refractivity contribution is 5.84. The van der Waals surface area contributed by atoms with Crippen LogP contribution in [-0.2, 0) is 11.3 Å². The minimum atomic E-state index is -0.735. The minimum Gasteiger partial charge on any atom is -0.348 e. The molecule has 25 heavy (non-hydrogen) atoms. The third-order valence-corrected chi connectivity index (χ3v) is 3.51. The van der Waals surface area contributed by atoms with Crippen LogP contribution in [0.1, 0.15) is 24.1 Å². The summed E-state index contributed by atoms with van der Waals surface area (Å²) in [5.41, 5.74) is 1.10. The zero-order chi connectivity index (χ0) is 18.2. The van der Waals surface area contributed by atoms with Crippen molar-refractivity contribution in [3.05, 3.63) is 71.3 Å². The summed E-state index contributed by atoms with van der Waals surface area (Å²) >= 11 is 0. The van der Waals surface area contributed by atoms with Crippen LogP contribution in [0.4, 0.5) is 13.6 Å². The number of hydrogen-bond acceptors (Lipinski definition) is 2. The van der Waals surface area contributed by atoms with E-state index in [1.165, 1.54) is 6.07 Å². The zero-order valence-corrected chi connectivity index (χ0v) is 13.7. The van der Waals surface area contributed by atoms with E-state index < -0.39 is 29.6 Å². The third kappa shape index (κ3) is 5.87. The van der Waals surface area contributed by atoms with E-state index in [1.54, 1.807) is 6.92 Å². The lowest BCUT2D eigenvalue weighted by Crippen LogP contribution is -2.42. The van der Waals surface area contributed by atoms with Gasteiger partial charge < -0.3 is 16.0 Å². The number of hydrogen-bond donors (Lipinski definition) is 3. The van der Waals surface area contributed by atoms with Crippen molar-refractivity contribution in [1.29, 1.82) is 0 Å². The maximum atomic E-state index is 13.7. The van der Waals surface area contributed by atoms with Gasteiger partial charge in [-0.2, -0.15) is 0 Å². The standard InChI is InChI=1S/C18H19F2N3O2/c1-12(15-8-7-14(19)9-16(15)20)23-17(24)11-22-18(25)21-10-13-5-3-2-4-6-13/h2-9,12H,10-11H2,1H3,(H,23,24)(H2,21,22,25)/t12-/m0/s1. The topological polar surface area (TPSA) is 70.2 Å². The van der Waals surface area contributed by atoms with E-state index in [0.717, 1.165) is 17.7 Å². The van der Waals surface area contributed by atoms with Crippen LogP contribution in [-0.4, -0.2) is 18.5 Å². The second-order valence-corrected chi connectivity index (χ2v) is 5.48. The summed E-state index contributed by atoms with van der Waals surface area (Å²) in [6.45, 7) is 1.66. The quantitative estimate of drug-likeness (QED) is 0.752. The van der Waals surface area contributed by atoms with Gasteiger partial charge in [0.15, 0.2) is 0 Å². The molecule has 0 bridgehead atoms. The second kappa shape index (κ2) is 8.77. The van der Waals surface area contributed by atoms with E-state index in [4.69, 9.17) is 0 Å². The van der Waals surface area contributed by atoms with Crippen molar-refractivity contribution < 1.29 is 18.4 Å². The van der Waals surface area contributed by atoms with Gasteiger partial charge in [0.05, 0.1) is 12.6 Å². The molecule has 0 heterocycles. The molecule has 0 saturated heterocycles. The second-order valence-electron chi connectivity index (χ2n) is 5.48. The average molecular weight is 347 g/mol. The van der Waals surface area contributed by atoms with E-state index in [-0.39, 0.29) is 12.1 Å². The van der Waals surface area contributed by atoms with Crippen LogP contribution in [0, 0.1) is 11.6 Å². The van der Waals surface area contributed by atoms with Gasteiger partial charge in [-0.3, -0.25) is 4.79 Å². The van der Waals surface area contributed by atoms with E-state index in [1.807, 2.05) is 30.3 Å². The van der Waals surface area contributed by atoms with Gasteiger partial charge in [0.1, 0.15) is 11.6 Å². The molecule has 0 spiro atoms. The maximum absolute atomic E-state index is 13.7. The SMILES string of the molecule is C[C@H](NC(=O)CNC(=O)NCc1ccccc1)c1ccc(F)cc1F. The first-order valence-electron chi connectivity index (χ1n) is 7.75. The van der Waals surface area contributed by atoms with Gasteiger partial charge in [0.2, 0.25) is 5.91 Å². The molecule has 7 heteroatoms. The van der Waals surface area contributed by atoms with E-state index in [9.17, 15) is 18.4 Å². The predicted molar refractivity (Wildman–Crippen MR) is 89.6 cm³/mol. The molecule has 0 unspecified atom stereocenters. The van der Waals surface area contributed by atoms with Gasteiger partial charge in [-0.25, -0.2) is 13.6 Å². The summed E-state index contributed by atoms with van der Waals surface area (Å²) in [6.07, 6.45) is 0. The Morgan fingerprint density at radius 1 is 1.04 bits per heavy atom.